The lowest BCUT2D eigenvalue weighted by Crippen LogP contribution is -2.40. The molecule has 2 aromatic rings. The van der Waals surface area contributed by atoms with Crippen LogP contribution in [0, 0.1) is 5.92 Å². The maximum atomic E-state index is 11.9. The van der Waals surface area contributed by atoms with Crippen molar-refractivity contribution >= 4 is 17.8 Å². The monoisotopic (exact) mass is 410 g/mol. The summed E-state index contributed by atoms with van der Waals surface area (Å²) >= 11 is 6.19. The number of aromatic hydroxyl groups is 1. The predicted molar refractivity (Wildman–Crippen MR) is 115 cm³/mol. The van der Waals surface area contributed by atoms with Crippen LogP contribution in [0.4, 0.5) is 0 Å². The number of pyridine rings is 1. The Kier molecular flexibility index (Phi) is 4.87. The molecule has 150 valence electrons. The largest absolute Gasteiger partial charge is 0.504 e. The number of hydrogen-bond acceptors (Lipinski definition) is 4. The van der Waals surface area contributed by atoms with Gasteiger partial charge in [0, 0.05) is 52.5 Å². The van der Waals surface area contributed by atoms with E-state index in [2.05, 4.69) is 24.1 Å². The fourth-order valence-electron chi connectivity index (χ4n) is 4.68. The van der Waals surface area contributed by atoms with Crippen LogP contribution in [0.15, 0.2) is 57.4 Å². The van der Waals surface area contributed by atoms with Gasteiger partial charge in [-0.3, -0.25) is 9.79 Å². The Morgan fingerprint density at radius 3 is 2.90 bits per heavy atom. The van der Waals surface area contributed by atoms with Crippen LogP contribution < -0.4 is 10.3 Å². The first kappa shape index (κ1) is 19.5. The Morgan fingerprint density at radius 1 is 1.38 bits per heavy atom. The molecule has 1 aromatic carbocycles. The molecule has 0 aliphatic heterocycles. The number of methoxy groups -OCH3 is 1. The number of nitrogens with zero attached hydrogens (tertiary/aromatic N) is 1. The number of H-pyrrole nitrogens is 1. The van der Waals surface area contributed by atoms with Gasteiger partial charge in [0.25, 0.3) is 0 Å². The van der Waals surface area contributed by atoms with Gasteiger partial charge in [-0.15, -0.1) is 0 Å². The Hall–Kier alpha value is -2.79. The number of phenols is 1. The van der Waals surface area contributed by atoms with E-state index in [9.17, 15) is 9.90 Å². The van der Waals surface area contributed by atoms with E-state index in [0.717, 1.165) is 17.7 Å². The van der Waals surface area contributed by atoms with E-state index in [4.69, 9.17) is 21.3 Å². The number of aliphatic imine (C=N–C) groups is 1. The highest BCUT2D eigenvalue weighted by Crippen LogP contribution is 2.52. The number of hydrogen-bond donors (Lipinski definition) is 2. The van der Waals surface area contributed by atoms with E-state index in [-0.39, 0.29) is 17.2 Å². The van der Waals surface area contributed by atoms with Gasteiger partial charge in [-0.05, 0) is 38.0 Å². The molecule has 0 saturated carbocycles. The molecule has 0 fully saturated rings. The number of aromatic amines is 1. The maximum absolute atomic E-state index is 11.9. The number of fused-ring (bicyclic) bond motifs is 4. The number of nitrogens with one attached hydrogen (secondary N) is 1. The van der Waals surface area contributed by atoms with Gasteiger partial charge in [-0.25, -0.2) is 0 Å². The lowest BCUT2D eigenvalue weighted by atomic mass is 9.63. The molecule has 0 radical (unpaired) electrons. The standard InChI is InChI=1S/C23H23ClN2O3/c1-4-17-14-7-13(2)11-23(17,18-5-6-21(27)26-19(18)9-14)25-12-15-8-16(24)10-20(29-3)22(15)28/h4-8,10,12,14,28H,9,11H2,1-3H3,(H,26,27)/b17-4+,25-12?/t14-,23+/m0/s1. The summed E-state index contributed by atoms with van der Waals surface area (Å²) in [6.07, 6.45) is 7.49. The van der Waals surface area contributed by atoms with Crippen LogP contribution in [0.3, 0.4) is 0 Å². The molecular formula is C23H23ClN2O3. The van der Waals surface area contributed by atoms with Crippen LogP contribution in [-0.2, 0) is 12.0 Å². The third-order valence-electron chi connectivity index (χ3n) is 5.79. The summed E-state index contributed by atoms with van der Waals surface area (Å²) in [6.45, 7) is 4.14. The molecular weight excluding hydrogens is 388 g/mol. The first-order valence-corrected chi connectivity index (χ1v) is 9.94. The zero-order valence-electron chi connectivity index (χ0n) is 16.6. The second kappa shape index (κ2) is 7.23. The van der Waals surface area contributed by atoms with E-state index in [1.54, 1.807) is 24.4 Å². The van der Waals surface area contributed by atoms with Crippen LogP contribution in [-0.4, -0.2) is 23.4 Å². The third kappa shape index (κ3) is 3.19. The number of ether oxygens (including phenoxy) is 1. The molecule has 2 aliphatic rings. The number of phenolic OH excluding ortho intramolecular Hbond substituents is 1. The van der Waals surface area contributed by atoms with Crippen molar-refractivity contribution in [3.05, 3.63) is 79.8 Å². The lowest BCUT2D eigenvalue weighted by Gasteiger charge is -2.45. The van der Waals surface area contributed by atoms with Crippen LogP contribution in [0.2, 0.25) is 5.02 Å². The Morgan fingerprint density at radius 2 is 2.17 bits per heavy atom. The number of rotatable bonds is 3. The van der Waals surface area contributed by atoms with Crippen LogP contribution in [0.1, 0.15) is 37.1 Å². The minimum atomic E-state index is -0.627. The van der Waals surface area contributed by atoms with Crippen molar-refractivity contribution in [3.63, 3.8) is 0 Å². The van der Waals surface area contributed by atoms with Crippen molar-refractivity contribution in [2.24, 2.45) is 10.9 Å². The molecule has 1 heterocycles. The van der Waals surface area contributed by atoms with Crippen molar-refractivity contribution in [3.8, 4) is 11.5 Å². The second-order valence-corrected chi connectivity index (χ2v) is 8.06. The fourth-order valence-corrected chi connectivity index (χ4v) is 4.90. The van der Waals surface area contributed by atoms with Crippen molar-refractivity contribution in [2.75, 3.05) is 7.11 Å². The molecule has 0 spiro atoms. The minimum absolute atomic E-state index is 0.00352. The molecule has 1 aromatic heterocycles. The van der Waals surface area contributed by atoms with Crippen molar-refractivity contribution in [1.82, 2.24) is 4.98 Å². The summed E-state index contributed by atoms with van der Waals surface area (Å²) in [5, 5.41) is 11.0. The molecule has 0 unspecified atom stereocenters. The van der Waals surface area contributed by atoms with E-state index in [1.807, 2.05) is 13.0 Å². The van der Waals surface area contributed by atoms with E-state index < -0.39 is 5.54 Å². The number of aromatic nitrogens is 1. The summed E-state index contributed by atoms with van der Waals surface area (Å²) < 4.78 is 5.21. The quantitative estimate of drug-likeness (QED) is 0.576. The smallest absolute Gasteiger partial charge is 0.248 e. The average molecular weight is 411 g/mol. The SMILES string of the molecule is C/C=C1\[C@H]2C=C(C)C[C@]1(N=Cc1cc(Cl)cc(OC)c1O)c1ccc(=O)[nH]c1C2. The van der Waals surface area contributed by atoms with Crippen LogP contribution in [0.5, 0.6) is 11.5 Å². The van der Waals surface area contributed by atoms with Gasteiger partial charge >= 0.3 is 0 Å². The molecule has 29 heavy (non-hydrogen) atoms. The lowest BCUT2D eigenvalue weighted by molar-refractivity contribution is 0.373. The summed E-state index contributed by atoms with van der Waals surface area (Å²) in [7, 11) is 1.48. The highest BCUT2D eigenvalue weighted by molar-refractivity contribution is 6.31. The zero-order valence-corrected chi connectivity index (χ0v) is 17.4. The molecule has 2 bridgehead atoms. The van der Waals surface area contributed by atoms with Gasteiger partial charge in [0.15, 0.2) is 11.5 Å². The number of benzene rings is 1. The topological polar surface area (TPSA) is 74.7 Å². The van der Waals surface area contributed by atoms with Crippen molar-refractivity contribution < 1.29 is 9.84 Å². The van der Waals surface area contributed by atoms with Crippen molar-refractivity contribution in [2.45, 2.75) is 32.2 Å². The summed E-state index contributed by atoms with van der Waals surface area (Å²) in [5.74, 6) is 0.476. The van der Waals surface area contributed by atoms with Gasteiger partial charge in [0.05, 0.1) is 7.11 Å². The maximum Gasteiger partial charge on any atom is 0.248 e. The van der Waals surface area contributed by atoms with Gasteiger partial charge in [-0.1, -0.05) is 29.3 Å². The highest BCUT2D eigenvalue weighted by atomic mass is 35.5. The molecule has 4 rings (SSSR count). The first-order valence-electron chi connectivity index (χ1n) is 9.56. The highest BCUT2D eigenvalue weighted by Gasteiger charge is 2.46. The normalized spacial score (nSPS) is 24.5. The van der Waals surface area contributed by atoms with E-state index in [0.29, 0.717) is 22.8 Å². The number of allylic oxidation sites excluding steroid dienone is 2. The molecule has 0 amide bonds. The van der Waals surface area contributed by atoms with Gasteiger partial charge in [0.2, 0.25) is 5.56 Å². The minimum Gasteiger partial charge on any atom is -0.504 e. The molecule has 2 atom stereocenters. The van der Waals surface area contributed by atoms with E-state index >= 15 is 0 Å². The fraction of sp³-hybridized carbons (Fsp3) is 0.304. The summed E-state index contributed by atoms with van der Waals surface area (Å²) in [4.78, 5) is 20.0. The zero-order chi connectivity index (χ0) is 20.8. The third-order valence-corrected chi connectivity index (χ3v) is 6.01. The second-order valence-electron chi connectivity index (χ2n) is 7.62. The average Bonchev–Trinajstić information content (AvgIpc) is 2.67. The Bertz CT molecular complexity index is 1130. The summed E-state index contributed by atoms with van der Waals surface area (Å²) in [6, 6.07) is 6.65. The molecule has 2 N–H and O–H groups in total. The molecule has 0 saturated heterocycles. The van der Waals surface area contributed by atoms with E-state index in [1.165, 1.54) is 18.3 Å². The summed E-state index contributed by atoms with van der Waals surface area (Å²) in [5.41, 5.74) is 4.12. The van der Waals surface area contributed by atoms with Crippen LogP contribution in [0.25, 0.3) is 0 Å². The Balaban J connectivity index is 1.92. The van der Waals surface area contributed by atoms with Crippen molar-refractivity contribution in [1.29, 1.82) is 0 Å². The van der Waals surface area contributed by atoms with Crippen LogP contribution >= 0.6 is 11.6 Å². The van der Waals surface area contributed by atoms with Gasteiger partial charge in [0.1, 0.15) is 5.54 Å². The Labute approximate surface area is 174 Å². The van der Waals surface area contributed by atoms with Gasteiger partial charge < -0.3 is 14.8 Å². The predicted octanol–water partition coefficient (Wildman–Crippen LogP) is 4.53. The number of halogens is 1. The molecule has 5 nitrogen and oxygen atoms in total. The first-order chi connectivity index (χ1) is 13.9. The van der Waals surface area contributed by atoms with Gasteiger partial charge in [-0.2, -0.15) is 0 Å². The molecule has 2 aliphatic carbocycles. The molecule has 6 heteroatoms.